The van der Waals surface area contributed by atoms with Crippen LogP contribution in [0.5, 0.6) is 0 Å². The van der Waals surface area contributed by atoms with Gasteiger partial charge < -0.3 is 9.52 Å². The fraction of sp³-hybridized carbons (Fsp3) is 0.429. The molecule has 1 heterocycles. The normalized spacial score (nSPS) is 11.0. The van der Waals surface area contributed by atoms with Crippen LogP contribution in [-0.2, 0) is 17.8 Å². The first-order valence-corrected chi connectivity index (χ1v) is 6.46. The number of nitrogens with zero attached hydrogens (tertiary/aromatic N) is 1. The number of aliphatic carboxylic acids is 1. The number of benzene rings is 1. The maximum Gasteiger partial charge on any atom is 0.419 e. The number of carboxylic acid groups (broad SMARTS) is 1. The predicted octanol–water partition coefficient (Wildman–Crippen LogP) is 2.41. The lowest BCUT2D eigenvalue weighted by atomic mass is 10.1. The van der Waals surface area contributed by atoms with Gasteiger partial charge in [-0.2, -0.15) is 0 Å². The molecule has 0 saturated carbocycles. The van der Waals surface area contributed by atoms with Crippen LogP contribution < -0.4 is 5.76 Å². The Bertz CT molecular complexity index is 638. The van der Waals surface area contributed by atoms with Crippen LogP contribution in [0, 0.1) is 0 Å². The molecular weight excluding hydrogens is 246 g/mol. The lowest BCUT2D eigenvalue weighted by Gasteiger charge is -2.01. The molecule has 0 unspecified atom stereocenters. The number of aromatic nitrogens is 1. The van der Waals surface area contributed by atoms with Crippen molar-refractivity contribution in [1.82, 2.24) is 4.57 Å². The minimum atomic E-state index is -0.790. The number of hydrogen-bond donors (Lipinski definition) is 1. The highest BCUT2D eigenvalue weighted by Gasteiger charge is 2.09. The fourth-order valence-electron chi connectivity index (χ4n) is 2.15. The summed E-state index contributed by atoms with van der Waals surface area (Å²) in [5.41, 5.74) is 2.37. The van der Waals surface area contributed by atoms with E-state index >= 15 is 0 Å². The van der Waals surface area contributed by atoms with Crippen LogP contribution in [-0.4, -0.2) is 15.6 Å². The van der Waals surface area contributed by atoms with Crippen molar-refractivity contribution >= 4 is 17.1 Å². The number of aryl methyl sites for hydroxylation is 2. The lowest BCUT2D eigenvalue weighted by Crippen LogP contribution is -2.13. The van der Waals surface area contributed by atoms with Crippen molar-refractivity contribution in [1.29, 1.82) is 0 Å². The first-order chi connectivity index (χ1) is 9.11. The van der Waals surface area contributed by atoms with Gasteiger partial charge in [0.1, 0.15) is 0 Å². The molecule has 1 N–H and O–H groups in total. The zero-order valence-corrected chi connectivity index (χ0v) is 10.9. The molecule has 0 amide bonds. The van der Waals surface area contributed by atoms with Crippen molar-refractivity contribution in [2.24, 2.45) is 0 Å². The molecule has 5 heteroatoms. The number of carboxylic acids is 1. The second-order valence-electron chi connectivity index (χ2n) is 4.57. The molecular formula is C14H17NO4. The van der Waals surface area contributed by atoms with Gasteiger partial charge in [-0.15, -0.1) is 0 Å². The van der Waals surface area contributed by atoms with E-state index in [1.165, 1.54) is 0 Å². The Morgan fingerprint density at radius 2 is 2.21 bits per heavy atom. The summed E-state index contributed by atoms with van der Waals surface area (Å²) in [5, 5.41) is 8.60. The largest absolute Gasteiger partial charge is 0.481 e. The molecule has 0 fully saturated rings. The van der Waals surface area contributed by atoms with E-state index in [0.29, 0.717) is 25.0 Å². The topological polar surface area (TPSA) is 72.4 Å². The Hall–Kier alpha value is -2.04. The molecule has 0 saturated heterocycles. The minimum Gasteiger partial charge on any atom is -0.481 e. The molecule has 0 atom stereocenters. The fourth-order valence-corrected chi connectivity index (χ4v) is 2.15. The molecule has 5 nitrogen and oxygen atoms in total. The highest BCUT2D eigenvalue weighted by molar-refractivity contribution is 5.73. The molecule has 19 heavy (non-hydrogen) atoms. The van der Waals surface area contributed by atoms with Crippen LogP contribution in [0.4, 0.5) is 0 Å². The molecule has 2 aromatic rings. The molecule has 2 rings (SSSR count). The molecule has 0 spiro atoms. The smallest absolute Gasteiger partial charge is 0.419 e. The molecule has 0 aliphatic rings. The van der Waals surface area contributed by atoms with Crippen LogP contribution >= 0.6 is 0 Å². The van der Waals surface area contributed by atoms with Gasteiger partial charge >= 0.3 is 11.7 Å². The first-order valence-electron chi connectivity index (χ1n) is 6.46. The van der Waals surface area contributed by atoms with Gasteiger partial charge in [0.25, 0.3) is 0 Å². The predicted molar refractivity (Wildman–Crippen MR) is 71.3 cm³/mol. The number of rotatable bonds is 6. The molecule has 0 radical (unpaired) electrons. The Balaban J connectivity index is 2.22. The SMILES string of the molecule is CCCn1c(=O)oc2cc(CCCC(=O)O)ccc21. The summed E-state index contributed by atoms with van der Waals surface area (Å²) in [6.45, 7) is 2.65. The second kappa shape index (κ2) is 5.73. The van der Waals surface area contributed by atoms with Crippen molar-refractivity contribution in [2.75, 3.05) is 0 Å². The molecule has 102 valence electrons. The van der Waals surface area contributed by atoms with Gasteiger partial charge in [0.05, 0.1) is 5.52 Å². The van der Waals surface area contributed by atoms with Gasteiger partial charge in [-0.05, 0) is 37.0 Å². The molecule has 0 aliphatic heterocycles. The highest BCUT2D eigenvalue weighted by Crippen LogP contribution is 2.17. The van der Waals surface area contributed by atoms with Gasteiger partial charge in [0.15, 0.2) is 5.58 Å². The zero-order valence-electron chi connectivity index (χ0n) is 10.9. The van der Waals surface area contributed by atoms with E-state index < -0.39 is 5.97 Å². The molecule has 0 aliphatic carbocycles. The summed E-state index contributed by atoms with van der Waals surface area (Å²) in [6, 6.07) is 5.61. The van der Waals surface area contributed by atoms with E-state index in [4.69, 9.17) is 9.52 Å². The average molecular weight is 263 g/mol. The van der Waals surface area contributed by atoms with Crippen LogP contribution in [0.15, 0.2) is 27.4 Å². The van der Waals surface area contributed by atoms with Crippen molar-refractivity contribution < 1.29 is 14.3 Å². The summed E-state index contributed by atoms with van der Waals surface area (Å²) in [5.74, 6) is -1.12. The summed E-state index contributed by atoms with van der Waals surface area (Å²) >= 11 is 0. The molecule has 0 bridgehead atoms. The van der Waals surface area contributed by atoms with E-state index in [-0.39, 0.29) is 12.2 Å². The van der Waals surface area contributed by atoms with E-state index in [2.05, 4.69) is 0 Å². The molecule has 1 aromatic carbocycles. The lowest BCUT2D eigenvalue weighted by molar-refractivity contribution is -0.137. The standard InChI is InChI=1S/C14H17NO4/c1-2-8-15-11-7-6-10(4-3-5-13(16)17)9-12(11)19-14(15)18/h6-7,9H,2-5,8H2,1H3,(H,16,17). The second-order valence-corrected chi connectivity index (χ2v) is 4.57. The van der Waals surface area contributed by atoms with Crippen LogP contribution in [0.1, 0.15) is 31.7 Å². The number of fused-ring (bicyclic) bond motifs is 1. The van der Waals surface area contributed by atoms with Crippen molar-refractivity contribution in [3.05, 3.63) is 34.3 Å². The van der Waals surface area contributed by atoms with E-state index in [1.54, 1.807) is 4.57 Å². The Morgan fingerprint density at radius 1 is 1.42 bits per heavy atom. The van der Waals surface area contributed by atoms with Crippen LogP contribution in [0.2, 0.25) is 0 Å². The van der Waals surface area contributed by atoms with Crippen molar-refractivity contribution in [3.63, 3.8) is 0 Å². The summed E-state index contributed by atoms with van der Waals surface area (Å²) in [6.07, 6.45) is 2.28. The third-order valence-corrected chi connectivity index (χ3v) is 3.04. The maximum absolute atomic E-state index is 11.7. The zero-order chi connectivity index (χ0) is 13.8. The third-order valence-electron chi connectivity index (χ3n) is 3.04. The monoisotopic (exact) mass is 263 g/mol. The Labute approximate surface area is 110 Å². The number of oxazole rings is 1. The van der Waals surface area contributed by atoms with Crippen LogP contribution in [0.3, 0.4) is 0 Å². The van der Waals surface area contributed by atoms with Crippen LogP contribution in [0.25, 0.3) is 11.1 Å². The van der Waals surface area contributed by atoms with Gasteiger partial charge in [-0.1, -0.05) is 13.0 Å². The van der Waals surface area contributed by atoms with E-state index in [0.717, 1.165) is 17.5 Å². The summed E-state index contributed by atoms with van der Waals surface area (Å²) < 4.78 is 6.83. The van der Waals surface area contributed by atoms with E-state index in [1.807, 2.05) is 25.1 Å². The maximum atomic E-state index is 11.7. The molecule has 1 aromatic heterocycles. The highest BCUT2D eigenvalue weighted by atomic mass is 16.4. The van der Waals surface area contributed by atoms with Gasteiger partial charge in [-0.3, -0.25) is 9.36 Å². The minimum absolute atomic E-state index is 0.152. The van der Waals surface area contributed by atoms with Crippen molar-refractivity contribution in [3.8, 4) is 0 Å². The third kappa shape index (κ3) is 3.05. The van der Waals surface area contributed by atoms with E-state index in [9.17, 15) is 9.59 Å². The quantitative estimate of drug-likeness (QED) is 0.868. The number of carbonyl (C=O) groups is 1. The Kier molecular flexibility index (Phi) is 4.04. The average Bonchev–Trinajstić information content (AvgIpc) is 2.65. The summed E-state index contributed by atoms with van der Waals surface area (Å²) in [7, 11) is 0. The summed E-state index contributed by atoms with van der Waals surface area (Å²) in [4.78, 5) is 22.1. The van der Waals surface area contributed by atoms with Gasteiger partial charge in [-0.25, -0.2) is 4.79 Å². The van der Waals surface area contributed by atoms with Crippen molar-refractivity contribution in [2.45, 2.75) is 39.2 Å². The number of hydrogen-bond acceptors (Lipinski definition) is 3. The van der Waals surface area contributed by atoms with Gasteiger partial charge in [0, 0.05) is 13.0 Å². The Morgan fingerprint density at radius 3 is 2.89 bits per heavy atom. The van der Waals surface area contributed by atoms with Gasteiger partial charge in [0.2, 0.25) is 0 Å². The first kappa shape index (κ1) is 13.4.